The normalized spacial score (nSPS) is 13.4. The second-order valence-electron chi connectivity index (χ2n) is 5.13. The molecular weight excluding hydrogens is 268 g/mol. The highest BCUT2D eigenvalue weighted by Crippen LogP contribution is 2.24. The maximum absolute atomic E-state index is 11.9. The highest BCUT2D eigenvalue weighted by Gasteiger charge is 2.18. The van der Waals surface area contributed by atoms with Gasteiger partial charge in [-0.1, -0.05) is 20.3 Å². The molecule has 3 N–H and O–H groups in total. The summed E-state index contributed by atoms with van der Waals surface area (Å²) in [6.45, 7) is 4.53. The molecule has 0 aliphatic rings. The predicted molar refractivity (Wildman–Crippen MR) is 83.7 cm³/mol. The van der Waals surface area contributed by atoms with Crippen LogP contribution in [-0.2, 0) is 11.2 Å². The van der Waals surface area contributed by atoms with E-state index in [1.54, 1.807) is 14.2 Å². The van der Waals surface area contributed by atoms with Crippen molar-refractivity contribution in [2.24, 2.45) is 11.7 Å². The minimum atomic E-state index is -0.456. The molecule has 21 heavy (non-hydrogen) atoms. The van der Waals surface area contributed by atoms with Crippen LogP contribution in [0.3, 0.4) is 0 Å². The third-order valence-electron chi connectivity index (χ3n) is 3.74. The van der Waals surface area contributed by atoms with E-state index in [1.807, 2.05) is 32.0 Å². The van der Waals surface area contributed by atoms with Gasteiger partial charge in [-0.3, -0.25) is 4.79 Å². The molecule has 1 aromatic rings. The number of methoxy groups -OCH3 is 2. The van der Waals surface area contributed by atoms with Gasteiger partial charge >= 0.3 is 0 Å². The lowest BCUT2D eigenvalue weighted by molar-refractivity contribution is -0.123. The Balaban J connectivity index is 2.57. The van der Waals surface area contributed by atoms with Crippen molar-refractivity contribution in [1.82, 2.24) is 5.32 Å². The van der Waals surface area contributed by atoms with Gasteiger partial charge in [-0.15, -0.1) is 0 Å². The highest BCUT2D eigenvalue weighted by molar-refractivity contribution is 5.81. The first-order valence-electron chi connectivity index (χ1n) is 7.27. The van der Waals surface area contributed by atoms with Gasteiger partial charge in [0.15, 0.2) is 0 Å². The summed E-state index contributed by atoms with van der Waals surface area (Å²) in [6.07, 6.45) is 1.55. The number of amides is 1. The number of hydrogen-bond donors (Lipinski definition) is 2. The first-order chi connectivity index (χ1) is 10.0. The van der Waals surface area contributed by atoms with Gasteiger partial charge in [-0.2, -0.15) is 0 Å². The molecule has 0 saturated carbocycles. The number of nitrogens with one attached hydrogen (secondary N) is 1. The van der Waals surface area contributed by atoms with Crippen molar-refractivity contribution in [2.75, 3.05) is 20.8 Å². The smallest absolute Gasteiger partial charge is 0.237 e. The average molecular weight is 294 g/mol. The van der Waals surface area contributed by atoms with E-state index in [9.17, 15) is 4.79 Å². The maximum Gasteiger partial charge on any atom is 0.237 e. The molecule has 0 spiro atoms. The quantitative estimate of drug-likeness (QED) is 0.766. The summed E-state index contributed by atoms with van der Waals surface area (Å²) in [4.78, 5) is 11.9. The highest BCUT2D eigenvalue weighted by atomic mass is 16.5. The molecule has 1 rings (SSSR count). The number of rotatable bonds is 8. The van der Waals surface area contributed by atoms with E-state index in [4.69, 9.17) is 15.2 Å². The van der Waals surface area contributed by atoms with E-state index in [1.165, 1.54) is 0 Å². The molecule has 0 aromatic heterocycles. The fraction of sp³-hybridized carbons (Fsp3) is 0.562. The molecule has 2 atom stereocenters. The average Bonchev–Trinajstić information content (AvgIpc) is 2.52. The molecule has 1 amide bonds. The van der Waals surface area contributed by atoms with Crippen LogP contribution in [0.5, 0.6) is 11.5 Å². The van der Waals surface area contributed by atoms with Gasteiger partial charge in [-0.05, 0) is 36.1 Å². The predicted octanol–water partition coefficient (Wildman–Crippen LogP) is 1.74. The molecule has 0 heterocycles. The zero-order valence-corrected chi connectivity index (χ0v) is 13.3. The first kappa shape index (κ1) is 17.3. The molecule has 118 valence electrons. The fourth-order valence-corrected chi connectivity index (χ4v) is 2.03. The van der Waals surface area contributed by atoms with Gasteiger partial charge in [0.25, 0.3) is 0 Å². The SMILES string of the molecule is CCC(C)C(N)C(=O)NCCc1cc(OC)ccc1OC. The van der Waals surface area contributed by atoms with E-state index in [0.29, 0.717) is 13.0 Å². The van der Waals surface area contributed by atoms with Gasteiger partial charge < -0.3 is 20.5 Å². The summed E-state index contributed by atoms with van der Waals surface area (Å²) in [5.41, 5.74) is 6.89. The van der Waals surface area contributed by atoms with Gasteiger partial charge in [0.05, 0.1) is 20.3 Å². The standard InChI is InChI=1S/C16H26N2O3/c1-5-11(2)15(17)16(19)18-9-8-12-10-13(20-3)6-7-14(12)21-4/h6-7,10-11,15H,5,8-9,17H2,1-4H3,(H,18,19). The number of nitrogens with two attached hydrogens (primary N) is 1. The molecule has 0 bridgehead atoms. The zero-order chi connectivity index (χ0) is 15.8. The van der Waals surface area contributed by atoms with Crippen molar-refractivity contribution in [3.8, 4) is 11.5 Å². The Morgan fingerprint density at radius 3 is 2.62 bits per heavy atom. The third kappa shape index (κ3) is 4.93. The number of ether oxygens (including phenoxy) is 2. The van der Waals surface area contributed by atoms with E-state index in [-0.39, 0.29) is 11.8 Å². The Bertz CT molecular complexity index is 463. The topological polar surface area (TPSA) is 73.6 Å². The minimum absolute atomic E-state index is 0.105. The van der Waals surface area contributed by atoms with Crippen molar-refractivity contribution >= 4 is 5.91 Å². The van der Waals surface area contributed by atoms with Crippen LogP contribution < -0.4 is 20.5 Å². The largest absolute Gasteiger partial charge is 0.497 e. The molecular formula is C16H26N2O3. The van der Waals surface area contributed by atoms with Crippen LogP contribution in [0, 0.1) is 5.92 Å². The molecule has 5 nitrogen and oxygen atoms in total. The van der Waals surface area contributed by atoms with Crippen molar-refractivity contribution in [1.29, 1.82) is 0 Å². The molecule has 5 heteroatoms. The van der Waals surface area contributed by atoms with E-state index in [0.717, 1.165) is 23.5 Å². The lowest BCUT2D eigenvalue weighted by atomic mass is 9.99. The van der Waals surface area contributed by atoms with Crippen LogP contribution in [0.2, 0.25) is 0 Å². The Labute approximate surface area is 126 Å². The summed E-state index contributed by atoms with van der Waals surface area (Å²) in [6, 6.07) is 5.17. The second kappa shape index (κ2) is 8.52. The van der Waals surface area contributed by atoms with Crippen LogP contribution in [0.4, 0.5) is 0 Å². The summed E-state index contributed by atoms with van der Waals surface area (Å²) in [5.74, 6) is 1.63. The fourth-order valence-electron chi connectivity index (χ4n) is 2.03. The minimum Gasteiger partial charge on any atom is -0.497 e. The van der Waals surface area contributed by atoms with Crippen LogP contribution in [-0.4, -0.2) is 32.7 Å². The molecule has 0 aliphatic carbocycles. The second-order valence-corrected chi connectivity index (χ2v) is 5.13. The summed E-state index contributed by atoms with van der Waals surface area (Å²) in [5, 5.41) is 2.87. The number of carbonyl (C=O) groups excluding carboxylic acids is 1. The molecule has 1 aromatic carbocycles. The van der Waals surface area contributed by atoms with Crippen molar-refractivity contribution in [3.05, 3.63) is 23.8 Å². The Hall–Kier alpha value is -1.75. The molecule has 0 aliphatic heterocycles. The molecule has 0 saturated heterocycles. The van der Waals surface area contributed by atoms with Crippen LogP contribution in [0.1, 0.15) is 25.8 Å². The monoisotopic (exact) mass is 294 g/mol. The first-order valence-corrected chi connectivity index (χ1v) is 7.27. The summed E-state index contributed by atoms with van der Waals surface area (Å²) >= 11 is 0. The van der Waals surface area contributed by atoms with Crippen LogP contribution in [0.15, 0.2) is 18.2 Å². The van der Waals surface area contributed by atoms with Crippen LogP contribution in [0.25, 0.3) is 0 Å². The lowest BCUT2D eigenvalue weighted by Gasteiger charge is -2.18. The molecule has 0 radical (unpaired) electrons. The van der Waals surface area contributed by atoms with E-state index >= 15 is 0 Å². The maximum atomic E-state index is 11.9. The van der Waals surface area contributed by atoms with Crippen molar-refractivity contribution in [3.63, 3.8) is 0 Å². The van der Waals surface area contributed by atoms with Gasteiger partial charge in [-0.25, -0.2) is 0 Å². The van der Waals surface area contributed by atoms with Gasteiger partial charge in [0.1, 0.15) is 11.5 Å². The van der Waals surface area contributed by atoms with Gasteiger partial charge in [0.2, 0.25) is 5.91 Å². The van der Waals surface area contributed by atoms with Crippen LogP contribution >= 0.6 is 0 Å². The summed E-state index contributed by atoms with van der Waals surface area (Å²) < 4.78 is 10.5. The Kier molecular flexibility index (Phi) is 7.02. The third-order valence-corrected chi connectivity index (χ3v) is 3.74. The van der Waals surface area contributed by atoms with Gasteiger partial charge in [0, 0.05) is 6.54 Å². The molecule has 2 unspecified atom stereocenters. The van der Waals surface area contributed by atoms with Crippen molar-refractivity contribution < 1.29 is 14.3 Å². The number of carbonyl (C=O) groups is 1. The number of benzene rings is 1. The zero-order valence-electron chi connectivity index (χ0n) is 13.3. The summed E-state index contributed by atoms with van der Waals surface area (Å²) in [7, 11) is 3.25. The molecule has 0 fully saturated rings. The van der Waals surface area contributed by atoms with Crippen molar-refractivity contribution in [2.45, 2.75) is 32.7 Å². The van der Waals surface area contributed by atoms with E-state index in [2.05, 4.69) is 5.32 Å². The lowest BCUT2D eigenvalue weighted by Crippen LogP contribution is -2.45. The Morgan fingerprint density at radius 1 is 1.33 bits per heavy atom. The number of hydrogen-bond acceptors (Lipinski definition) is 4. The van der Waals surface area contributed by atoms with E-state index < -0.39 is 6.04 Å². The Morgan fingerprint density at radius 2 is 2.05 bits per heavy atom.